The average molecular weight is 326 g/mol. The summed E-state index contributed by atoms with van der Waals surface area (Å²) >= 11 is 6.29. The minimum Gasteiger partial charge on any atom is -0.466 e. The molecule has 1 atom stereocenters. The summed E-state index contributed by atoms with van der Waals surface area (Å²) in [5, 5.41) is 7.42. The average Bonchev–Trinajstić information content (AvgIpc) is 3.30. The first kappa shape index (κ1) is 15.3. The van der Waals surface area contributed by atoms with Gasteiger partial charge >= 0.3 is 5.97 Å². The number of aromatic amines is 1. The van der Waals surface area contributed by atoms with Crippen LogP contribution in [-0.4, -0.2) is 46.7 Å². The highest BCUT2D eigenvalue weighted by molar-refractivity contribution is 6.34. The fraction of sp³-hybridized carbons (Fsp3) is 0.667. The van der Waals surface area contributed by atoms with E-state index in [0.717, 1.165) is 31.4 Å². The SMILES string of the molecule is CCOC(=O)[C@@H]1CCCN(C(=O)c2n[nH]c(C3CC3)c2Cl)C1. The van der Waals surface area contributed by atoms with Crippen LogP contribution in [0.5, 0.6) is 0 Å². The number of halogens is 1. The zero-order chi connectivity index (χ0) is 15.7. The van der Waals surface area contributed by atoms with Crippen molar-refractivity contribution in [3.63, 3.8) is 0 Å². The number of rotatable bonds is 4. The monoisotopic (exact) mass is 325 g/mol. The summed E-state index contributed by atoms with van der Waals surface area (Å²) in [6.45, 7) is 3.14. The zero-order valence-corrected chi connectivity index (χ0v) is 13.4. The summed E-state index contributed by atoms with van der Waals surface area (Å²) in [5.41, 5.74) is 1.14. The van der Waals surface area contributed by atoms with Crippen molar-refractivity contribution in [1.82, 2.24) is 15.1 Å². The maximum absolute atomic E-state index is 12.6. The molecule has 1 aromatic heterocycles. The van der Waals surface area contributed by atoms with Gasteiger partial charge in [0, 0.05) is 19.0 Å². The number of carbonyl (C=O) groups excluding carboxylic acids is 2. The Labute approximate surface area is 134 Å². The van der Waals surface area contributed by atoms with Crippen molar-refractivity contribution in [2.24, 2.45) is 5.92 Å². The van der Waals surface area contributed by atoms with Crippen molar-refractivity contribution in [2.75, 3.05) is 19.7 Å². The first-order valence-corrected chi connectivity index (χ1v) is 8.19. The Morgan fingerprint density at radius 1 is 1.41 bits per heavy atom. The number of nitrogens with zero attached hydrogens (tertiary/aromatic N) is 2. The van der Waals surface area contributed by atoms with Crippen LogP contribution in [-0.2, 0) is 9.53 Å². The standard InChI is InChI=1S/C15H20ClN3O3/c1-2-22-15(21)10-4-3-7-19(8-10)14(20)13-11(16)12(17-18-13)9-5-6-9/h9-10H,2-8H2,1H3,(H,17,18)/t10-/m1/s1. The number of nitrogens with one attached hydrogen (secondary N) is 1. The van der Waals surface area contributed by atoms with E-state index in [1.54, 1.807) is 11.8 Å². The van der Waals surface area contributed by atoms with E-state index in [1.165, 1.54) is 0 Å². The largest absolute Gasteiger partial charge is 0.466 e. The maximum Gasteiger partial charge on any atom is 0.310 e. The third-order valence-electron chi connectivity index (χ3n) is 4.25. The predicted octanol–water partition coefficient (Wildman–Crippen LogP) is 2.36. The molecule has 0 aromatic carbocycles. The highest BCUT2D eigenvalue weighted by Gasteiger charge is 2.34. The van der Waals surface area contributed by atoms with Gasteiger partial charge in [0.05, 0.1) is 23.2 Å². The Hall–Kier alpha value is -1.56. The van der Waals surface area contributed by atoms with Crippen LogP contribution < -0.4 is 0 Å². The van der Waals surface area contributed by atoms with E-state index >= 15 is 0 Å². The Balaban J connectivity index is 1.70. The highest BCUT2D eigenvalue weighted by Crippen LogP contribution is 2.43. The molecule has 2 fully saturated rings. The van der Waals surface area contributed by atoms with E-state index in [1.807, 2.05) is 0 Å². The van der Waals surface area contributed by atoms with E-state index in [2.05, 4.69) is 10.2 Å². The molecular weight excluding hydrogens is 306 g/mol. The fourth-order valence-corrected chi connectivity index (χ4v) is 3.21. The molecule has 0 spiro atoms. The minimum absolute atomic E-state index is 0.206. The van der Waals surface area contributed by atoms with Gasteiger partial charge in [0.1, 0.15) is 0 Å². The first-order chi connectivity index (χ1) is 10.6. The van der Waals surface area contributed by atoms with Crippen LogP contribution in [0.2, 0.25) is 5.02 Å². The Bertz CT molecular complexity index is 583. The number of aromatic nitrogens is 2. The van der Waals surface area contributed by atoms with Gasteiger partial charge in [-0.15, -0.1) is 0 Å². The lowest BCUT2D eigenvalue weighted by molar-refractivity contribution is -0.149. The predicted molar refractivity (Wildman–Crippen MR) is 80.8 cm³/mol. The summed E-state index contributed by atoms with van der Waals surface area (Å²) in [4.78, 5) is 26.1. The molecule has 1 aliphatic heterocycles. The van der Waals surface area contributed by atoms with Crippen molar-refractivity contribution in [3.8, 4) is 0 Å². The molecule has 3 rings (SSSR count). The molecule has 2 aliphatic rings. The molecule has 6 nitrogen and oxygen atoms in total. The van der Waals surface area contributed by atoms with E-state index in [9.17, 15) is 9.59 Å². The lowest BCUT2D eigenvalue weighted by atomic mass is 9.98. The first-order valence-electron chi connectivity index (χ1n) is 7.81. The second kappa shape index (κ2) is 6.28. The van der Waals surface area contributed by atoms with E-state index in [-0.39, 0.29) is 23.5 Å². The van der Waals surface area contributed by atoms with Gasteiger partial charge in [-0.25, -0.2) is 0 Å². The molecular formula is C15H20ClN3O3. The van der Waals surface area contributed by atoms with Crippen LogP contribution in [0.15, 0.2) is 0 Å². The number of esters is 1. The molecule has 1 saturated heterocycles. The summed E-state index contributed by atoms with van der Waals surface area (Å²) in [7, 11) is 0. The van der Waals surface area contributed by atoms with Gasteiger partial charge < -0.3 is 9.64 Å². The fourth-order valence-electron chi connectivity index (χ4n) is 2.89. The van der Waals surface area contributed by atoms with Gasteiger partial charge in [-0.1, -0.05) is 11.6 Å². The molecule has 22 heavy (non-hydrogen) atoms. The third-order valence-corrected chi connectivity index (χ3v) is 4.63. The number of likely N-dealkylation sites (tertiary alicyclic amines) is 1. The second-order valence-corrected chi connectivity index (χ2v) is 6.29. The number of ether oxygens (including phenoxy) is 1. The quantitative estimate of drug-likeness (QED) is 0.862. The lowest BCUT2D eigenvalue weighted by Crippen LogP contribution is -2.43. The molecule has 0 unspecified atom stereocenters. The van der Waals surface area contributed by atoms with Crippen LogP contribution in [0.3, 0.4) is 0 Å². The summed E-state index contributed by atoms with van der Waals surface area (Å²) in [6, 6.07) is 0. The van der Waals surface area contributed by atoms with Gasteiger partial charge in [0.2, 0.25) is 0 Å². The normalized spacial score (nSPS) is 21.7. The van der Waals surface area contributed by atoms with Crippen LogP contribution in [0.4, 0.5) is 0 Å². The van der Waals surface area contributed by atoms with Gasteiger partial charge in [-0.05, 0) is 32.6 Å². The molecule has 1 aromatic rings. The van der Waals surface area contributed by atoms with Gasteiger partial charge in [-0.3, -0.25) is 14.7 Å². The molecule has 1 N–H and O–H groups in total. The van der Waals surface area contributed by atoms with Crippen molar-refractivity contribution in [1.29, 1.82) is 0 Å². The molecule has 120 valence electrons. The summed E-state index contributed by atoms with van der Waals surface area (Å²) in [6.07, 6.45) is 3.71. The van der Waals surface area contributed by atoms with Gasteiger partial charge in [0.25, 0.3) is 5.91 Å². The van der Waals surface area contributed by atoms with Crippen molar-refractivity contribution >= 4 is 23.5 Å². The molecule has 1 amide bonds. The molecule has 1 saturated carbocycles. The van der Waals surface area contributed by atoms with Crippen LogP contribution in [0.1, 0.15) is 54.7 Å². The molecule has 0 radical (unpaired) electrons. The lowest BCUT2D eigenvalue weighted by Gasteiger charge is -2.31. The Kier molecular flexibility index (Phi) is 4.38. The van der Waals surface area contributed by atoms with Crippen molar-refractivity contribution in [3.05, 3.63) is 16.4 Å². The van der Waals surface area contributed by atoms with E-state index in [4.69, 9.17) is 16.3 Å². The van der Waals surface area contributed by atoms with Crippen molar-refractivity contribution < 1.29 is 14.3 Å². The van der Waals surface area contributed by atoms with Crippen molar-refractivity contribution in [2.45, 2.75) is 38.5 Å². The number of hydrogen-bond donors (Lipinski definition) is 1. The number of H-pyrrole nitrogens is 1. The maximum atomic E-state index is 12.6. The van der Waals surface area contributed by atoms with Crippen LogP contribution in [0.25, 0.3) is 0 Å². The highest BCUT2D eigenvalue weighted by atomic mass is 35.5. The molecule has 0 bridgehead atoms. The third kappa shape index (κ3) is 2.97. The zero-order valence-electron chi connectivity index (χ0n) is 12.6. The summed E-state index contributed by atoms with van der Waals surface area (Å²) in [5.74, 6) is -0.276. The number of hydrogen-bond acceptors (Lipinski definition) is 4. The topological polar surface area (TPSA) is 75.3 Å². The van der Waals surface area contributed by atoms with Crippen LogP contribution in [0, 0.1) is 5.92 Å². The second-order valence-electron chi connectivity index (χ2n) is 5.92. The van der Waals surface area contributed by atoms with Crippen LogP contribution >= 0.6 is 11.6 Å². The molecule has 2 heterocycles. The summed E-state index contributed by atoms with van der Waals surface area (Å²) < 4.78 is 5.06. The minimum atomic E-state index is -0.252. The van der Waals surface area contributed by atoms with Gasteiger partial charge in [-0.2, -0.15) is 5.10 Å². The van der Waals surface area contributed by atoms with Gasteiger partial charge in [0.15, 0.2) is 5.69 Å². The number of carbonyl (C=O) groups is 2. The molecule has 7 heteroatoms. The van der Waals surface area contributed by atoms with E-state index < -0.39 is 0 Å². The number of amides is 1. The smallest absolute Gasteiger partial charge is 0.310 e. The Morgan fingerprint density at radius 2 is 2.18 bits per heavy atom. The van der Waals surface area contributed by atoms with E-state index in [0.29, 0.717) is 30.6 Å². The Morgan fingerprint density at radius 3 is 2.86 bits per heavy atom. The molecule has 1 aliphatic carbocycles. The number of piperidine rings is 1.